The summed E-state index contributed by atoms with van der Waals surface area (Å²) in [6.45, 7) is 8.91. The first-order chi connectivity index (χ1) is 6.51. The van der Waals surface area contributed by atoms with E-state index in [9.17, 15) is 0 Å². The van der Waals surface area contributed by atoms with Gasteiger partial charge in [0, 0.05) is 5.02 Å². The summed E-state index contributed by atoms with van der Waals surface area (Å²) < 4.78 is 0. The van der Waals surface area contributed by atoms with Crippen LogP contribution in [0.25, 0.3) is 0 Å². The van der Waals surface area contributed by atoms with Crippen LogP contribution in [0.1, 0.15) is 45.2 Å². The van der Waals surface area contributed by atoms with Crippen LogP contribution in [0.3, 0.4) is 0 Å². The van der Waals surface area contributed by atoms with Crippen molar-refractivity contribution in [1.29, 1.82) is 0 Å². The Labute approximate surface area is 92.3 Å². The molecule has 0 amide bonds. The quantitative estimate of drug-likeness (QED) is 0.685. The molecule has 1 aromatic rings. The zero-order valence-electron chi connectivity index (χ0n) is 9.52. The van der Waals surface area contributed by atoms with Gasteiger partial charge >= 0.3 is 0 Å². The van der Waals surface area contributed by atoms with E-state index in [0.717, 1.165) is 17.9 Å². The first kappa shape index (κ1) is 11.6. The van der Waals surface area contributed by atoms with Gasteiger partial charge in [0.1, 0.15) is 0 Å². The number of aryl methyl sites for hydroxylation is 1. The molecule has 1 heteroatoms. The lowest BCUT2D eigenvalue weighted by Crippen LogP contribution is -2.15. The fourth-order valence-electron chi connectivity index (χ4n) is 1.47. The van der Waals surface area contributed by atoms with Crippen molar-refractivity contribution in [2.24, 2.45) is 0 Å². The summed E-state index contributed by atoms with van der Waals surface area (Å²) in [6.07, 6.45) is 2.16. The zero-order chi connectivity index (χ0) is 10.8. The Hall–Kier alpha value is -0.490. The highest BCUT2D eigenvalue weighted by molar-refractivity contribution is 6.31. The summed E-state index contributed by atoms with van der Waals surface area (Å²) in [6, 6.07) is 6.41. The van der Waals surface area contributed by atoms with E-state index in [0.29, 0.717) is 0 Å². The normalized spacial score (nSPS) is 11.8. The molecule has 0 aliphatic carbocycles. The minimum absolute atomic E-state index is 0.258. The van der Waals surface area contributed by atoms with Gasteiger partial charge in [-0.3, -0.25) is 0 Å². The van der Waals surface area contributed by atoms with Crippen molar-refractivity contribution in [3.8, 4) is 0 Å². The molecule has 0 bridgehead atoms. The Morgan fingerprint density at radius 3 is 2.36 bits per heavy atom. The Morgan fingerprint density at radius 1 is 1.21 bits per heavy atom. The lowest BCUT2D eigenvalue weighted by molar-refractivity contribution is 0.506. The monoisotopic (exact) mass is 210 g/mol. The predicted molar refractivity (Wildman–Crippen MR) is 64.1 cm³/mol. The largest absolute Gasteiger partial charge is 0.0840 e. The molecule has 0 nitrogen and oxygen atoms in total. The number of halogens is 1. The van der Waals surface area contributed by atoms with Crippen LogP contribution in [0.5, 0.6) is 0 Å². The van der Waals surface area contributed by atoms with Gasteiger partial charge in [0.05, 0.1) is 0 Å². The van der Waals surface area contributed by atoms with Crippen LogP contribution in [-0.4, -0.2) is 0 Å². The number of rotatable bonds is 3. The minimum Gasteiger partial charge on any atom is -0.0840 e. The molecule has 0 saturated heterocycles. The summed E-state index contributed by atoms with van der Waals surface area (Å²) in [4.78, 5) is 0. The fraction of sp³-hybridized carbons (Fsp3) is 0.538. The Morgan fingerprint density at radius 2 is 1.86 bits per heavy atom. The van der Waals surface area contributed by atoms with E-state index in [1.54, 1.807) is 0 Å². The summed E-state index contributed by atoms with van der Waals surface area (Å²) >= 11 is 6.09. The fourth-order valence-corrected chi connectivity index (χ4v) is 1.72. The van der Waals surface area contributed by atoms with Gasteiger partial charge in [-0.05, 0) is 35.4 Å². The molecule has 78 valence electrons. The van der Waals surface area contributed by atoms with Crippen molar-refractivity contribution in [2.75, 3.05) is 0 Å². The molecule has 0 spiro atoms. The Balaban J connectivity index is 3.12. The molecule has 0 fully saturated rings. The van der Waals surface area contributed by atoms with E-state index in [-0.39, 0.29) is 5.41 Å². The summed E-state index contributed by atoms with van der Waals surface area (Å²) in [5, 5.41) is 0.892. The average molecular weight is 211 g/mol. The number of hydrogen-bond donors (Lipinski definition) is 0. The topological polar surface area (TPSA) is 0 Å². The minimum atomic E-state index is 0.258. The predicted octanol–water partition coefficient (Wildman–Crippen LogP) is 4.59. The highest BCUT2D eigenvalue weighted by Crippen LogP contribution is 2.29. The first-order valence-electron chi connectivity index (χ1n) is 5.30. The van der Waals surface area contributed by atoms with Crippen molar-refractivity contribution in [1.82, 2.24) is 0 Å². The van der Waals surface area contributed by atoms with Crippen LogP contribution in [-0.2, 0) is 11.8 Å². The highest BCUT2D eigenvalue weighted by Gasteiger charge is 2.18. The van der Waals surface area contributed by atoms with E-state index in [4.69, 9.17) is 11.6 Å². The van der Waals surface area contributed by atoms with Crippen LogP contribution in [0.15, 0.2) is 18.2 Å². The van der Waals surface area contributed by atoms with Crippen LogP contribution in [0.4, 0.5) is 0 Å². The molecule has 0 aliphatic heterocycles. The summed E-state index contributed by atoms with van der Waals surface area (Å²) in [5.41, 5.74) is 2.90. The second-order valence-corrected chi connectivity index (χ2v) is 4.80. The SMILES string of the molecule is CCc1cc(C(C)(C)CC)ccc1Cl. The van der Waals surface area contributed by atoms with Gasteiger partial charge in [-0.15, -0.1) is 0 Å². The molecule has 1 aromatic carbocycles. The third-order valence-corrected chi connectivity index (χ3v) is 3.46. The molecule has 0 atom stereocenters. The molecular formula is C13H19Cl. The molecule has 14 heavy (non-hydrogen) atoms. The molecule has 0 heterocycles. The second-order valence-electron chi connectivity index (χ2n) is 4.40. The van der Waals surface area contributed by atoms with Crippen molar-refractivity contribution in [3.63, 3.8) is 0 Å². The van der Waals surface area contributed by atoms with Crippen LogP contribution in [0.2, 0.25) is 5.02 Å². The van der Waals surface area contributed by atoms with Crippen molar-refractivity contribution < 1.29 is 0 Å². The lowest BCUT2D eigenvalue weighted by Gasteiger charge is -2.24. The van der Waals surface area contributed by atoms with E-state index in [1.165, 1.54) is 11.1 Å². The Kier molecular flexibility index (Phi) is 3.60. The van der Waals surface area contributed by atoms with Crippen LogP contribution >= 0.6 is 11.6 Å². The van der Waals surface area contributed by atoms with E-state index < -0.39 is 0 Å². The van der Waals surface area contributed by atoms with Crippen LogP contribution < -0.4 is 0 Å². The molecule has 0 aliphatic rings. The smallest absolute Gasteiger partial charge is 0.0438 e. The second kappa shape index (κ2) is 4.35. The highest BCUT2D eigenvalue weighted by atomic mass is 35.5. The number of hydrogen-bond acceptors (Lipinski definition) is 0. The molecule has 0 N–H and O–H groups in total. The molecule has 0 radical (unpaired) electrons. The van der Waals surface area contributed by atoms with Crippen molar-refractivity contribution in [3.05, 3.63) is 34.3 Å². The van der Waals surface area contributed by atoms with E-state index in [1.807, 2.05) is 6.07 Å². The van der Waals surface area contributed by atoms with Crippen molar-refractivity contribution >= 4 is 11.6 Å². The van der Waals surface area contributed by atoms with Gasteiger partial charge < -0.3 is 0 Å². The Bertz CT molecular complexity index is 313. The maximum Gasteiger partial charge on any atom is 0.0438 e. The van der Waals surface area contributed by atoms with E-state index >= 15 is 0 Å². The maximum absolute atomic E-state index is 6.09. The number of benzene rings is 1. The maximum atomic E-state index is 6.09. The molecule has 0 saturated carbocycles. The third-order valence-electron chi connectivity index (χ3n) is 3.09. The summed E-state index contributed by atoms with van der Waals surface area (Å²) in [7, 11) is 0. The lowest BCUT2D eigenvalue weighted by atomic mass is 9.81. The van der Waals surface area contributed by atoms with Gasteiger partial charge in [0.2, 0.25) is 0 Å². The molecular weight excluding hydrogens is 192 g/mol. The standard InChI is InChI=1S/C13H19Cl/c1-5-10-9-11(7-8-12(10)14)13(3,4)6-2/h7-9H,5-6H2,1-4H3. The van der Waals surface area contributed by atoms with E-state index in [2.05, 4.69) is 39.8 Å². The summed E-state index contributed by atoms with van der Waals surface area (Å²) in [5.74, 6) is 0. The molecule has 0 aromatic heterocycles. The van der Waals surface area contributed by atoms with Gasteiger partial charge in [-0.1, -0.05) is 51.4 Å². The van der Waals surface area contributed by atoms with Gasteiger partial charge in [0.15, 0.2) is 0 Å². The first-order valence-corrected chi connectivity index (χ1v) is 5.68. The third kappa shape index (κ3) is 2.30. The van der Waals surface area contributed by atoms with Crippen molar-refractivity contribution in [2.45, 2.75) is 46.0 Å². The molecule has 1 rings (SSSR count). The van der Waals surface area contributed by atoms with Crippen LogP contribution in [0, 0.1) is 0 Å². The van der Waals surface area contributed by atoms with Gasteiger partial charge in [-0.25, -0.2) is 0 Å². The average Bonchev–Trinajstić information content (AvgIpc) is 2.18. The van der Waals surface area contributed by atoms with Gasteiger partial charge in [0.25, 0.3) is 0 Å². The van der Waals surface area contributed by atoms with Gasteiger partial charge in [-0.2, -0.15) is 0 Å². The zero-order valence-corrected chi connectivity index (χ0v) is 10.3. The molecule has 0 unspecified atom stereocenters.